The van der Waals surface area contributed by atoms with Gasteiger partial charge in [0.15, 0.2) is 0 Å². The lowest BCUT2D eigenvalue weighted by Gasteiger charge is -2.08. The molecule has 1 aromatic carbocycles. The third-order valence-corrected chi connectivity index (χ3v) is 3.31. The Labute approximate surface area is 172 Å². The van der Waals surface area contributed by atoms with Crippen LogP contribution in [0.15, 0.2) is 42.9 Å². The van der Waals surface area contributed by atoms with Gasteiger partial charge in [0, 0.05) is 11.9 Å². The molecule has 3 rings (SSSR count). The van der Waals surface area contributed by atoms with Crippen LogP contribution < -0.4 is 10.6 Å². The Morgan fingerprint density at radius 3 is 2.26 bits per heavy atom. The summed E-state index contributed by atoms with van der Waals surface area (Å²) >= 11 is 0. The molecule has 0 aliphatic rings. The molecule has 2 heterocycles. The van der Waals surface area contributed by atoms with Gasteiger partial charge in [-0.3, -0.25) is 4.79 Å². The largest absolute Gasteiger partial charge is 0.490 e. The van der Waals surface area contributed by atoms with E-state index in [-0.39, 0.29) is 6.54 Å². The van der Waals surface area contributed by atoms with E-state index in [9.17, 15) is 18.0 Å². The van der Waals surface area contributed by atoms with Crippen LogP contribution in [0, 0.1) is 6.92 Å². The monoisotopic (exact) mass is 439 g/mol. The van der Waals surface area contributed by atoms with Crippen molar-refractivity contribution >= 4 is 29.4 Å². The van der Waals surface area contributed by atoms with Crippen LogP contribution in [-0.4, -0.2) is 59.6 Å². The molecule has 31 heavy (non-hydrogen) atoms. The maximum Gasteiger partial charge on any atom is 0.490 e. The summed E-state index contributed by atoms with van der Waals surface area (Å²) in [6, 6.07) is 9.12. The molecule has 0 aliphatic carbocycles. The van der Waals surface area contributed by atoms with Crippen molar-refractivity contribution in [1.82, 2.24) is 24.7 Å². The zero-order chi connectivity index (χ0) is 23.0. The van der Waals surface area contributed by atoms with Crippen LogP contribution in [0.3, 0.4) is 0 Å². The van der Waals surface area contributed by atoms with Crippen molar-refractivity contribution in [2.24, 2.45) is 0 Å². The van der Waals surface area contributed by atoms with Gasteiger partial charge in [0.25, 0.3) is 0 Å². The maximum atomic E-state index is 10.6. The van der Waals surface area contributed by atoms with Crippen LogP contribution in [0.25, 0.3) is 5.69 Å². The van der Waals surface area contributed by atoms with Gasteiger partial charge in [0.1, 0.15) is 24.5 Å². The van der Waals surface area contributed by atoms with Gasteiger partial charge >= 0.3 is 18.1 Å². The number of halogens is 3. The molecule has 3 aromatic rings. The van der Waals surface area contributed by atoms with Crippen LogP contribution in [-0.2, 0) is 9.59 Å². The summed E-state index contributed by atoms with van der Waals surface area (Å²) < 4.78 is 33.4. The second-order valence-corrected chi connectivity index (χ2v) is 5.72. The van der Waals surface area contributed by atoms with E-state index in [1.165, 1.54) is 0 Å². The number of aryl methyl sites for hydroxylation is 1. The Balaban J connectivity index is 0.000000423. The van der Waals surface area contributed by atoms with E-state index in [1.54, 1.807) is 23.3 Å². The standard InChI is InChI=1S/C15H15N7O2.C2HF3O2/c1-10-18-9-22(21-10)12-4-2-11(3-5-12)19-15-16-7-6-13(20-15)17-8-14(23)24;3-2(4,5)1(6)7/h2-7,9H,8H2,1H3,(H,23,24)(H2,16,17,19,20);(H,6,7). The molecule has 0 spiro atoms. The van der Waals surface area contributed by atoms with Gasteiger partial charge in [-0.05, 0) is 37.3 Å². The highest BCUT2D eigenvalue weighted by Crippen LogP contribution is 2.17. The molecule has 0 radical (unpaired) electrons. The quantitative estimate of drug-likeness (QED) is 0.449. The number of anilines is 3. The van der Waals surface area contributed by atoms with E-state index in [0.717, 1.165) is 11.4 Å². The number of aliphatic carboxylic acids is 2. The first-order valence-electron chi connectivity index (χ1n) is 8.39. The molecule has 2 aromatic heterocycles. The Kier molecular flexibility index (Phi) is 7.43. The van der Waals surface area contributed by atoms with E-state index in [0.29, 0.717) is 17.6 Å². The summed E-state index contributed by atoms with van der Waals surface area (Å²) in [5.41, 5.74) is 1.69. The van der Waals surface area contributed by atoms with Crippen molar-refractivity contribution in [2.75, 3.05) is 17.2 Å². The summed E-state index contributed by atoms with van der Waals surface area (Å²) in [6.07, 6.45) is -1.88. The minimum atomic E-state index is -5.08. The molecule has 164 valence electrons. The van der Waals surface area contributed by atoms with Gasteiger partial charge in [0.2, 0.25) is 5.95 Å². The fraction of sp³-hybridized carbons (Fsp3) is 0.176. The number of alkyl halides is 3. The number of nitrogens with one attached hydrogen (secondary N) is 2. The molecule has 0 saturated carbocycles. The van der Waals surface area contributed by atoms with Crippen LogP contribution in [0.4, 0.5) is 30.6 Å². The topological polar surface area (TPSA) is 155 Å². The molecular weight excluding hydrogens is 423 g/mol. The molecule has 0 bridgehead atoms. The van der Waals surface area contributed by atoms with Crippen molar-refractivity contribution in [1.29, 1.82) is 0 Å². The number of rotatable bonds is 6. The molecule has 0 fully saturated rings. The summed E-state index contributed by atoms with van der Waals surface area (Å²) in [7, 11) is 0. The minimum Gasteiger partial charge on any atom is -0.480 e. The van der Waals surface area contributed by atoms with Crippen molar-refractivity contribution in [3.63, 3.8) is 0 Å². The van der Waals surface area contributed by atoms with Crippen LogP contribution in [0.5, 0.6) is 0 Å². The van der Waals surface area contributed by atoms with Crippen LogP contribution in [0.1, 0.15) is 5.82 Å². The summed E-state index contributed by atoms with van der Waals surface area (Å²) in [5.74, 6) is -2.20. The SMILES string of the molecule is Cc1ncn(-c2ccc(Nc3nccc(NCC(=O)O)n3)cc2)n1.O=C(O)C(F)(F)F. The van der Waals surface area contributed by atoms with E-state index >= 15 is 0 Å². The third kappa shape index (κ3) is 7.60. The van der Waals surface area contributed by atoms with E-state index in [2.05, 4.69) is 30.7 Å². The Morgan fingerprint density at radius 1 is 1.10 bits per heavy atom. The highest BCUT2D eigenvalue weighted by Gasteiger charge is 2.38. The van der Waals surface area contributed by atoms with Gasteiger partial charge in [0.05, 0.1) is 5.69 Å². The average molecular weight is 439 g/mol. The number of nitrogens with zero attached hydrogens (tertiary/aromatic N) is 5. The minimum absolute atomic E-state index is 0.206. The Morgan fingerprint density at radius 2 is 1.74 bits per heavy atom. The first kappa shape index (κ1) is 23.1. The van der Waals surface area contributed by atoms with Gasteiger partial charge in [-0.1, -0.05) is 0 Å². The molecular formula is C17H16F3N7O4. The number of carboxylic acids is 2. The van der Waals surface area contributed by atoms with Gasteiger partial charge in [-0.25, -0.2) is 19.4 Å². The smallest absolute Gasteiger partial charge is 0.480 e. The lowest BCUT2D eigenvalue weighted by molar-refractivity contribution is -0.192. The van der Waals surface area contributed by atoms with E-state index in [4.69, 9.17) is 15.0 Å². The normalized spacial score (nSPS) is 10.6. The molecule has 14 heteroatoms. The van der Waals surface area contributed by atoms with Crippen molar-refractivity contribution in [3.05, 3.63) is 48.7 Å². The number of hydrogen-bond acceptors (Lipinski definition) is 8. The molecule has 0 saturated heterocycles. The maximum absolute atomic E-state index is 10.6. The predicted octanol–water partition coefficient (Wildman–Crippen LogP) is 2.24. The number of hydrogen-bond donors (Lipinski definition) is 4. The van der Waals surface area contributed by atoms with Crippen LogP contribution in [0.2, 0.25) is 0 Å². The first-order valence-corrected chi connectivity index (χ1v) is 8.39. The van der Waals surface area contributed by atoms with E-state index in [1.807, 2.05) is 31.2 Å². The predicted molar refractivity (Wildman–Crippen MR) is 101 cm³/mol. The lowest BCUT2D eigenvalue weighted by atomic mass is 10.3. The molecule has 0 amide bonds. The highest BCUT2D eigenvalue weighted by molar-refractivity contribution is 5.73. The second kappa shape index (κ2) is 10.00. The Hall–Kier alpha value is -4.23. The molecule has 0 unspecified atom stereocenters. The number of aromatic nitrogens is 5. The zero-order valence-electron chi connectivity index (χ0n) is 15.8. The fourth-order valence-electron chi connectivity index (χ4n) is 1.98. The third-order valence-electron chi connectivity index (χ3n) is 3.31. The summed E-state index contributed by atoms with van der Waals surface area (Å²) in [6.45, 7) is 1.62. The average Bonchev–Trinajstić information content (AvgIpc) is 3.13. The molecule has 0 aliphatic heterocycles. The van der Waals surface area contributed by atoms with Gasteiger partial charge in [-0.2, -0.15) is 23.3 Å². The molecule has 11 nitrogen and oxygen atoms in total. The highest BCUT2D eigenvalue weighted by atomic mass is 19.4. The summed E-state index contributed by atoms with van der Waals surface area (Å²) in [5, 5.41) is 25.8. The van der Waals surface area contributed by atoms with Crippen LogP contribution >= 0.6 is 0 Å². The molecule has 0 atom stereocenters. The zero-order valence-corrected chi connectivity index (χ0v) is 15.8. The van der Waals surface area contributed by atoms with Crippen molar-refractivity contribution in [2.45, 2.75) is 13.1 Å². The first-order chi connectivity index (χ1) is 14.5. The number of benzene rings is 1. The number of carboxylic acid groups (broad SMARTS) is 2. The second-order valence-electron chi connectivity index (χ2n) is 5.72. The van der Waals surface area contributed by atoms with E-state index < -0.39 is 18.1 Å². The summed E-state index contributed by atoms with van der Waals surface area (Å²) in [4.78, 5) is 31.9. The van der Waals surface area contributed by atoms with Gasteiger partial charge < -0.3 is 20.8 Å². The fourth-order valence-corrected chi connectivity index (χ4v) is 1.98. The van der Waals surface area contributed by atoms with Gasteiger partial charge in [-0.15, -0.1) is 0 Å². The van der Waals surface area contributed by atoms with Crippen molar-refractivity contribution in [3.8, 4) is 5.69 Å². The number of carbonyl (C=O) groups is 2. The lowest BCUT2D eigenvalue weighted by Crippen LogP contribution is -2.21. The van der Waals surface area contributed by atoms with Crippen molar-refractivity contribution < 1.29 is 33.0 Å². The molecule has 4 N–H and O–H groups in total. The Bertz CT molecular complexity index is 1040.